The molecular formula is C14H23N3O2. The number of carbonyl (C=O) groups excluding carboxylic acids is 1. The van der Waals surface area contributed by atoms with E-state index in [-0.39, 0.29) is 11.5 Å². The highest BCUT2D eigenvalue weighted by atomic mass is 16.5. The van der Waals surface area contributed by atoms with E-state index in [1.807, 2.05) is 20.0 Å². The Morgan fingerprint density at radius 1 is 1.47 bits per heavy atom. The molecule has 0 saturated heterocycles. The van der Waals surface area contributed by atoms with Crippen molar-refractivity contribution < 1.29 is 9.53 Å². The van der Waals surface area contributed by atoms with Crippen molar-refractivity contribution in [3.05, 3.63) is 17.5 Å². The Kier molecular flexibility index (Phi) is 4.06. The maximum absolute atomic E-state index is 12.2. The fourth-order valence-corrected chi connectivity index (χ4v) is 2.28. The number of hydrogen-bond donors (Lipinski definition) is 0. The normalized spacial score (nSPS) is 17.5. The lowest BCUT2D eigenvalue weighted by molar-refractivity contribution is -0.0406. The Labute approximate surface area is 114 Å². The van der Waals surface area contributed by atoms with Gasteiger partial charge in [0.2, 0.25) is 0 Å². The van der Waals surface area contributed by atoms with E-state index in [4.69, 9.17) is 4.74 Å². The zero-order valence-corrected chi connectivity index (χ0v) is 12.3. The molecular weight excluding hydrogens is 242 g/mol. The summed E-state index contributed by atoms with van der Waals surface area (Å²) in [6, 6.07) is 0. The van der Waals surface area contributed by atoms with Gasteiger partial charge in [-0.3, -0.25) is 9.69 Å². The van der Waals surface area contributed by atoms with E-state index in [2.05, 4.69) is 23.8 Å². The van der Waals surface area contributed by atoms with Crippen LogP contribution in [0.1, 0.15) is 43.7 Å². The number of hydrogen-bond acceptors (Lipinski definition) is 4. The maximum atomic E-state index is 12.2. The molecule has 0 atom stereocenters. The van der Waals surface area contributed by atoms with E-state index in [0.29, 0.717) is 13.2 Å². The van der Waals surface area contributed by atoms with Crippen LogP contribution < -0.4 is 0 Å². The third-order valence-electron chi connectivity index (χ3n) is 3.60. The average molecular weight is 265 g/mol. The van der Waals surface area contributed by atoms with Gasteiger partial charge in [0.15, 0.2) is 0 Å². The third kappa shape index (κ3) is 3.22. The van der Waals surface area contributed by atoms with Crippen LogP contribution in [0.2, 0.25) is 0 Å². The maximum Gasteiger partial charge on any atom is 0.261 e. The molecule has 1 aromatic rings. The average Bonchev–Trinajstić information content (AvgIpc) is 2.77. The lowest BCUT2D eigenvalue weighted by atomic mass is 9.98. The van der Waals surface area contributed by atoms with Gasteiger partial charge in [-0.15, -0.1) is 0 Å². The van der Waals surface area contributed by atoms with Crippen LogP contribution in [0.4, 0.5) is 0 Å². The number of aromatic nitrogens is 2. The van der Waals surface area contributed by atoms with Crippen molar-refractivity contribution in [1.82, 2.24) is 14.7 Å². The second kappa shape index (κ2) is 5.43. The Balaban J connectivity index is 2.11. The van der Waals surface area contributed by atoms with Crippen LogP contribution >= 0.6 is 0 Å². The minimum atomic E-state index is -0.186. The molecule has 0 saturated carbocycles. The van der Waals surface area contributed by atoms with Crippen LogP contribution in [0.3, 0.4) is 0 Å². The molecule has 0 amide bonds. The van der Waals surface area contributed by atoms with Crippen molar-refractivity contribution in [2.45, 2.75) is 46.3 Å². The van der Waals surface area contributed by atoms with E-state index in [9.17, 15) is 4.79 Å². The molecule has 0 bridgehead atoms. The lowest BCUT2D eigenvalue weighted by Crippen LogP contribution is -2.33. The minimum Gasteiger partial charge on any atom is -0.370 e. The summed E-state index contributed by atoms with van der Waals surface area (Å²) in [7, 11) is 0. The highest BCUT2D eigenvalue weighted by Gasteiger charge is 2.29. The highest BCUT2D eigenvalue weighted by molar-refractivity contribution is 5.80. The second-order valence-corrected chi connectivity index (χ2v) is 5.63. The van der Waals surface area contributed by atoms with Gasteiger partial charge in [0.05, 0.1) is 24.4 Å². The zero-order chi connectivity index (χ0) is 14.0. The molecule has 0 spiro atoms. The van der Waals surface area contributed by atoms with Crippen molar-refractivity contribution >= 4 is 5.91 Å². The third-order valence-corrected chi connectivity index (χ3v) is 3.60. The monoisotopic (exact) mass is 265 g/mol. The van der Waals surface area contributed by atoms with Gasteiger partial charge >= 0.3 is 0 Å². The summed E-state index contributed by atoms with van der Waals surface area (Å²) in [5.41, 5.74) is 1.84. The van der Waals surface area contributed by atoms with E-state index in [0.717, 1.165) is 30.8 Å². The van der Waals surface area contributed by atoms with Gasteiger partial charge < -0.3 is 4.74 Å². The van der Waals surface area contributed by atoms with Gasteiger partial charge in [-0.25, -0.2) is 4.68 Å². The minimum absolute atomic E-state index is 0.0240. The Morgan fingerprint density at radius 3 is 2.79 bits per heavy atom. The van der Waals surface area contributed by atoms with Crippen LogP contribution in [-0.4, -0.2) is 45.8 Å². The molecule has 0 fully saturated rings. The molecule has 106 valence electrons. The van der Waals surface area contributed by atoms with Crippen LogP contribution in [-0.2, 0) is 17.8 Å². The van der Waals surface area contributed by atoms with Crippen LogP contribution in [0.25, 0.3) is 0 Å². The largest absolute Gasteiger partial charge is 0.370 e. The lowest BCUT2D eigenvalue weighted by Gasteiger charge is -2.28. The molecule has 0 aromatic carbocycles. The standard InChI is InChI=1S/C14H23N3O2/c1-5-16(6-2)9-13(18)17-8-11-10-19-14(3,4)7-12(11)15-17/h8H,5-7,9-10H2,1-4H3. The summed E-state index contributed by atoms with van der Waals surface area (Å²) in [6.45, 7) is 10.9. The molecule has 1 aliphatic heterocycles. The summed E-state index contributed by atoms with van der Waals surface area (Å²) in [5, 5.41) is 4.43. The number of carbonyl (C=O) groups is 1. The van der Waals surface area contributed by atoms with E-state index in [1.165, 1.54) is 4.68 Å². The van der Waals surface area contributed by atoms with Gasteiger partial charge in [-0.1, -0.05) is 13.8 Å². The molecule has 2 rings (SSSR count). The van der Waals surface area contributed by atoms with Crippen molar-refractivity contribution in [2.24, 2.45) is 0 Å². The summed E-state index contributed by atoms with van der Waals surface area (Å²) in [6.07, 6.45) is 2.57. The number of fused-ring (bicyclic) bond motifs is 1. The number of ether oxygens (including phenoxy) is 1. The van der Waals surface area contributed by atoms with Crippen molar-refractivity contribution in [3.63, 3.8) is 0 Å². The molecule has 19 heavy (non-hydrogen) atoms. The summed E-state index contributed by atoms with van der Waals surface area (Å²) >= 11 is 0. The first-order valence-electron chi connectivity index (χ1n) is 6.92. The van der Waals surface area contributed by atoms with Crippen LogP contribution in [0, 0.1) is 0 Å². The second-order valence-electron chi connectivity index (χ2n) is 5.63. The van der Waals surface area contributed by atoms with E-state index >= 15 is 0 Å². The van der Waals surface area contributed by atoms with Crippen molar-refractivity contribution in [2.75, 3.05) is 19.6 Å². The quantitative estimate of drug-likeness (QED) is 0.831. The molecule has 0 unspecified atom stereocenters. The molecule has 1 aromatic heterocycles. The summed E-state index contributed by atoms with van der Waals surface area (Å²) < 4.78 is 7.21. The number of likely N-dealkylation sites (N-methyl/N-ethyl adjacent to an activating group) is 1. The predicted octanol–water partition coefficient (Wildman–Crippen LogP) is 1.72. The molecule has 5 heteroatoms. The van der Waals surface area contributed by atoms with Crippen LogP contribution in [0.5, 0.6) is 0 Å². The topological polar surface area (TPSA) is 47.4 Å². The zero-order valence-electron chi connectivity index (χ0n) is 12.3. The molecule has 0 aliphatic carbocycles. The number of rotatable bonds is 4. The fraction of sp³-hybridized carbons (Fsp3) is 0.714. The predicted molar refractivity (Wildman–Crippen MR) is 73.2 cm³/mol. The van der Waals surface area contributed by atoms with Gasteiger partial charge in [0, 0.05) is 18.2 Å². The Morgan fingerprint density at radius 2 is 2.16 bits per heavy atom. The van der Waals surface area contributed by atoms with Gasteiger partial charge in [0.25, 0.3) is 5.91 Å². The Bertz CT molecular complexity index is 461. The SMILES string of the molecule is CCN(CC)CC(=O)n1cc2c(n1)CC(C)(C)OC2. The fourth-order valence-electron chi connectivity index (χ4n) is 2.28. The summed E-state index contributed by atoms with van der Waals surface area (Å²) in [4.78, 5) is 14.3. The van der Waals surface area contributed by atoms with E-state index in [1.54, 1.807) is 0 Å². The van der Waals surface area contributed by atoms with Crippen molar-refractivity contribution in [1.29, 1.82) is 0 Å². The molecule has 5 nitrogen and oxygen atoms in total. The van der Waals surface area contributed by atoms with E-state index < -0.39 is 0 Å². The first-order valence-corrected chi connectivity index (χ1v) is 6.92. The molecule has 1 aliphatic rings. The summed E-state index contributed by atoms with van der Waals surface area (Å²) in [5.74, 6) is 0.0240. The van der Waals surface area contributed by atoms with Gasteiger partial charge in [-0.2, -0.15) is 5.10 Å². The first-order chi connectivity index (χ1) is 8.95. The van der Waals surface area contributed by atoms with Crippen molar-refractivity contribution in [3.8, 4) is 0 Å². The molecule has 0 radical (unpaired) electrons. The number of nitrogens with zero attached hydrogens (tertiary/aromatic N) is 3. The smallest absolute Gasteiger partial charge is 0.261 e. The van der Waals surface area contributed by atoms with Gasteiger partial charge in [-0.05, 0) is 26.9 Å². The van der Waals surface area contributed by atoms with Crippen LogP contribution in [0.15, 0.2) is 6.20 Å². The molecule has 0 N–H and O–H groups in total. The highest BCUT2D eigenvalue weighted by Crippen LogP contribution is 2.26. The van der Waals surface area contributed by atoms with Gasteiger partial charge in [0.1, 0.15) is 0 Å². The Hall–Kier alpha value is -1.20. The first kappa shape index (κ1) is 14.2. The molecule has 2 heterocycles.